The highest BCUT2D eigenvalue weighted by atomic mass is 35.5. The fourth-order valence-electron chi connectivity index (χ4n) is 2.04. The van der Waals surface area contributed by atoms with Gasteiger partial charge in [0.25, 0.3) is 11.8 Å². The molecule has 0 saturated heterocycles. The van der Waals surface area contributed by atoms with Crippen molar-refractivity contribution < 1.29 is 23.9 Å². The van der Waals surface area contributed by atoms with Gasteiger partial charge in [-0.05, 0) is 42.5 Å². The number of benzene rings is 2. The van der Waals surface area contributed by atoms with Crippen LogP contribution in [0, 0.1) is 0 Å². The molecule has 0 saturated carbocycles. The fraction of sp³-hybridized carbons (Fsp3) is 0.211. The van der Waals surface area contributed by atoms with Crippen molar-refractivity contribution in [2.75, 3.05) is 32.6 Å². The fourth-order valence-corrected chi connectivity index (χ4v) is 2.22. The molecule has 8 heteroatoms. The maximum Gasteiger partial charge on any atom is 0.344 e. The first kappa shape index (κ1) is 20.3. The molecule has 7 nitrogen and oxygen atoms in total. The molecule has 2 amide bonds. The highest BCUT2D eigenvalue weighted by molar-refractivity contribution is 6.30. The molecular formula is C19H19ClN2O5. The number of halogens is 1. The summed E-state index contributed by atoms with van der Waals surface area (Å²) in [5, 5.41) is 3.06. The Morgan fingerprint density at radius 1 is 1.04 bits per heavy atom. The molecule has 1 N–H and O–H groups in total. The molecule has 2 rings (SSSR count). The lowest BCUT2D eigenvalue weighted by molar-refractivity contribution is -0.149. The number of nitrogens with one attached hydrogen (secondary N) is 1. The minimum Gasteiger partial charge on any atom is -0.482 e. The summed E-state index contributed by atoms with van der Waals surface area (Å²) in [5.41, 5.74) is 0.990. The molecule has 0 heterocycles. The second-order valence-electron chi connectivity index (χ2n) is 5.73. The number of hydrogen-bond acceptors (Lipinski definition) is 5. The van der Waals surface area contributed by atoms with E-state index in [1.54, 1.807) is 62.6 Å². The van der Waals surface area contributed by atoms with Gasteiger partial charge in [-0.1, -0.05) is 17.7 Å². The summed E-state index contributed by atoms with van der Waals surface area (Å²) in [6, 6.07) is 13.0. The van der Waals surface area contributed by atoms with Crippen LogP contribution in [0.1, 0.15) is 10.4 Å². The van der Waals surface area contributed by atoms with Gasteiger partial charge in [-0.2, -0.15) is 0 Å². The first-order valence-electron chi connectivity index (χ1n) is 8.00. The monoisotopic (exact) mass is 390 g/mol. The third kappa shape index (κ3) is 6.63. The van der Waals surface area contributed by atoms with Crippen LogP contribution in [-0.4, -0.2) is 50.0 Å². The Balaban J connectivity index is 1.75. The summed E-state index contributed by atoms with van der Waals surface area (Å²) in [5.74, 6) is -0.896. The van der Waals surface area contributed by atoms with E-state index in [-0.39, 0.29) is 12.5 Å². The van der Waals surface area contributed by atoms with E-state index in [0.717, 1.165) is 0 Å². The minimum absolute atomic E-state index is 0.137. The maximum absolute atomic E-state index is 11.8. The van der Waals surface area contributed by atoms with Crippen molar-refractivity contribution in [2.45, 2.75) is 0 Å². The predicted molar refractivity (Wildman–Crippen MR) is 101 cm³/mol. The molecule has 0 spiro atoms. The molecule has 0 fully saturated rings. The molecule has 142 valence electrons. The van der Waals surface area contributed by atoms with Gasteiger partial charge in [-0.3, -0.25) is 9.59 Å². The molecule has 27 heavy (non-hydrogen) atoms. The van der Waals surface area contributed by atoms with Gasteiger partial charge < -0.3 is 19.7 Å². The van der Waals surface area contributed by atoms with Crippen LogP contribution in [0.3, 0.4) is 0 Å². The van der Waals surface area contributed by atoms with Crippen LogP contribution in [0.15, 0.2) is 48.5 Å². The minimum atomic E-state index is -0.683. The second kappa shape index (κ2) is 9.59. The van der Waals surface area contributed by atoms with Crippen LogP contribution in [0.4, 0.5) is 5.69 Å². The Morgan fingerprint density at radius 3 is 2.37 bits per heavy atom. The standard InChI is InChI=1S/C19H19ClN2O5/c1-22(2)19(25)13-6-8-15(9-7-13)21-17(23)11-27-18(24)12-26-16-5-3-4-14(20)10-16/h3-10H,11-12H2,1-2H3,(H,21,23). The van der Waals surface area contributed by atoms with Gasteiger partial charge in [0.15, 0.2) is 13.2 Å². The Hall–Kier alpha value is -3.06. The first-order chi connectivity index (χ1) is 12.8. The Kier molecular flexibility index (Phi) is 7.19. The van der Waals surface area contributed by atoms with E-state index in [1.807, 2.05) is 0 Å². The third-order valence-electron chi connectivity index (χ3n) is 3.34. The van der Waals surface area contributed by atoms with Crippen molar-refractivity contribution in [2.24, 2.45) is 0 Å². The average molecular weight is 391 g/mol. The summed E-state index contributed by atoms with van der Waals surface area (Å²) in [4.78, 5) is 36.7. The molecule has 2 aromatic carbocycles. The van der Waals surface area contributed by atoms with Gasteiger partial charge in [0.05, 0.1) is 0 Å². The van der Waals surface area contributed by atoms with Crippen molar-refractivity contribution >= 4 is 35.1 Å². The Bertz CT molecular complexity index is 821. The molecule has 0 bridgehead atoms. The van der Waals surface area contributed by atoms with Crippen molar-refractivity contribution in [3.05, 3.63) is 59.1 Å². The number of rotatable bonds is 7. The zero-order valence-corrected chi connectivity index (χ0v) is 15.7. The van der Waals surface area contributed by atoms with Gasteiger partial charge >= 0.3 is 5.97 Å². The van der Waals surface area contributed by atoms with Crippen LogP contribution >= 0.6 is 11.6 Å². The smallest absolute Gasteiger partial charge is 0.344 e. The van der Waals surface area contributed by atoms with Gasteiger partial charge in [-0.15, -0.1) is 0 Å². The van der Waals surface area contributed by atoms with E-state index in [0.29, 0.717) is 22.0 Å². The predicted octanol–water partition coefficient (Wildman–Crippen LogP) is 2.60. The first-order valence-corrected chi connectivity index (χ1v) is 8.38. The lowest BCUT2D eigenvalue weighted by atomic mass is 10.2. The number of carbonyl (C=O) groups excluding carboxylic acids is 3. The lowest BCUT2D eigenvalue weighted by Gasteiger charge is -2.11. The van der Waals surface area contributed by atoms with Crippen molar-refractivity contribution in [1.29, 1.82) is 0 Å². The molecule has 0 aliphatic rings. The SMILES string of the molecule is CN(C)C(=O)c1ccc(NC(=O)COC(=O)COc2cccc(Cl)c2)cc1. The summed E-state index contributed by atoms with van der Waals surface area (Å²) in [7, 11) is 3.31. The molecule has 2 aromatic rings. The average Bonchev–Trinajstić information content (AvgIpc) is 2.64. The van der Waals surface area contributed by atoms with Gasteiger partial charge in [-0.25, -0.2) is 4.79 Å². The van der Waals surface area contributed by atoms with Crippen LogP contribution in [-0.2, 0) is 14.3 Å². The quantitative estimate of drug-likeness (QED) is 0.734. The van der Waals surface area contributed by atoms with E-state index >= 15 is 0 Å². The Morgan fingerprint density at radius 2 is 1.74 bits per heavy atom. The second-order valence-corrected chi connectivity index (χ2v) is 6.17. The zero-order valence-electron chi connectivity index (χ0n) is 14.9. The third-order valence-corrected chi connectivity index (χ3v) is 3.57. The Labute approximate surface area is 161 Å². The van der Waals surface area contributed by atoms with Crippen LogP contribution < -0.4 is 10.1 Å². The van der Waals surface area contributed by atoms with E-state index < -0.39 is 18.5 Å². The zero-order chi connectivity index (χ0) is 19.8. The molecule has 0 aliphatic carbocycles. The van der Waals surface area contributed by atoms with Gasteiger partial charge in [0.2, 0.25) is 0 Å². The molecule has 0 aliphatic heterocycles. The van der Waals surface area contributed by atoms with Gasteiger partial charge in [0.1, 0.15) is 5.75 Å². The maximum atomic E-state index is 11.8. The largest absolute Gasteiger partial charge is 0.482 e. The highest BCUT2D eigenvalue weighted by Crippen LogP contribution is 2.17. The topological polar surface area (TPSA) is 84.9 Å². The molecule has 0 radical (unpaired) electrons. The van der Waals surface area contributed by atoms with Crippen LogP contribution in [0.2, 0.25) is 5.02 Å². The summed E-state index contributed by atoms with van der Waals surface area (Å²) in [6.07, 6.45) is 0. The van der Waals surface area contributed by atoms with Crippen molar-refractivity contribution in [3.8, 4) is 5.75 Å². The van der Waals surface area contributed by atoms with Crippen molar-refractivity contribution in [3.63, 3.8) is 0 Å². The highest BCUT2D eigenvalue weighted by Gasteiger charge is 2.11. The van der Waals surface area contributed by atoms with Crippen LogP contribution in [0.25, 0.3) is 0 Å². The normalized spacial score (nSPS) is 10.0. The number of amides is 2. The van der Waals surface area contributed by atoms with Crippen molar-refractivity contribution in [1.82, 2.24) is 4.90 Å². The van der Waals surface area contributed by atoms with E-state index in [9.17, 15) is 14.4 Å². The summed E-state index contributed by atoms with van der Waals surface area (Å²) < 4.78 is 10.1. The van der Waals surface area contributed by atoms with E-state index in [2.05, 4.69) is 5.32 Å². The number of hydrogen-bond donors (Lipinski definition) is 1. The summed E-state index contributed by atoms with van der Waals surface area (Å²) >= 11 is 5.81. The summed E-state index contributed by atoms with van der Waals surface area (Å²) in [6.45, 7) is -0.787. The number of carbonyl (C=O) groups is 3. The van der Waals surface area contributed by atoms with E-state index in [1.165, 1.54) is 4.90 Å². The number of anilines is 1. The number of ether oxygens (including phenoxy) is 2. The molecule has 0 atom stereocenters. The van der Waals surface area contributed by atoms with Crippen LogP contribution in [0.5, 0.6) is 5.75 Å². The molecular weight excluding hydrogens is 372 g/mol. The molecule has 0 unspecified atom stereocenters. The van der Waals surface area contributed by atoms with Gasteiger partial charge in [0, 0.05) is 30.4 Å². The van der Waals surface area contributed by atoms with E-state index in [4.69, 9.17) is 21.1 Å². The molecule has 0 aromatic heterocycles. The number of nitrogens with zero attached hydrogens (tertiary/aromatic N) is 1. The lowest BCUT2D eigenvalue weighted by Crippen LogP contribution is -2.24. The number of esters is 1.